The second kappa shape index (κ2) is 10.2. The lowest BCUT2D eigenvalue weighted by atomic mass is 9.96. The predicted octanol–water partition coefficient (Wildman–Crippen LogP) is 4.91. The van der Waals surface area contributed by atoms with E-state index in [-0.39, 0.29) is 0 Å². The summed E-state index contributed by atoms with van der Waals surface area (Å²) in [5.41, 5.74) is 2.23. The topological polar surface area (TPSA) is 42.2 Å². The second-order valence-electron chi connectivity index (χ2n) is 5.40. The normalized spacial score (nSPS) is 15.2. The Labute approximate surface area is 140 Å². The quantitative estimate of drug-likeness (QED) is 0.789. The summed E-state index contributed by atoms with van der Waals surface area (Å²) in [7, 11) is 2.16. The summed E-state index contributed by atoms with van der Waals surface area (Å²) < 4.78 is 5.40. The van der Waals surface area contributed by atoms with E-state index in [4.69, 9.17) is 4.52 Å². The molecule has 0 amide bonds. The minimum Gasteiger partial charge on any atom is -0.334 e. The van der Waals surface area contributed by atoms with Crippen LogP contribution in [0, 0.1) is 6.92 Å². The van der Waals surface area contributed by atoms with E-state index in [2.05, 4.69) is 41.1 Å². The van der Waals surface area contributed by atoms with Gasteiger partial charge in [0.2, 0.25) is 0 Å². The molecule has 4 nitrogen and oxygen atoms in total. The number of nitrogens with zero attached hydrogens (tertiary/aromatic N) is 3. The Morgan fingerprint density at radius 2 is 1.57 bits per heavy atom. The van der Waals surface area contributed by atoms with Crippen molar-refractivity contribution in [1.82, 2.24) is 15.0 Å². The third kappa shape index (κ3) is 5.47. The van der Waals surface area contributed by atoms with E-state index >= 15 is 0 Å². The Morgan fingerprint density at radius 3 is 2.13 bits per heavy atom. The third-order valence-electron chi connectivity index (χ3n) is 3.82. The lowest BCUT2D eigenvalue weighted by molar-refractivity contribution is 0.248. The molecule has 0 radical (unpaired) electrons. The van der Waals surface area contributed by atoms with Crippen LogP contribution in [-0.2, 0) is 0 Å². The van der Waals surface area contributed by atoms with E-state index < -0.39 is 0 Å². The molecule has 0 aliphatic carbocycles. The van der Waals surface area contributed by atoms with Crippen LogP contribution in [0.2, 0.25) is 0 Å². The maximum absolute atomic E-state index is 5.40. The van der Waals surface area contributed by atoms with Crippen molar-refractivity contribution < 1.29 is 4.52 Å². The molecule has 1 aromatic heterocycles. The number of piperidine rings is 1. The largest absolute Gasteiger partial charge is 0.334 e. The minimum absolute atomic E-state index is 0.444. The zero-order chi connectivity index (χ0) is 17.2. The highest BCUT2D eigenvalue weighted by molar-refractivity contribution is 5.53. The van der Waals surface area contributed by atoms with Crippen LogP contribution in [0.1, 0.15) is 57.8 Å². The van der Waals surface area contributed by atoms with E-state index in [1.54, 1.807) is 0 Å². The predicted molar refractivity (Wildman–Crippen MR) is 96.6 cm³/mol. The van der Waals surface area contributed by atoms with Crippen molar-refractivity contribution in [2.24, 2.45) is 0 Å². The molecule has 1 saturated heterocycles. The molecule has 0 N–H and O–H groups in total. The molecular weight excluding hydrogens is 286 g/mol. The molecule has 1 aromatic carbocycles. The van der Waals surface area contributed by atoms with Gasteiger partial charge in [0.15, 0.2) is 5.82 Å². The molecule has 0 atom stereocenters. The van der Waals surface area contributed by atoms with Crippen LogP contribution in [0.3, 0.4) is 0 Å². The van der Waals surface area contributed by atoms with Crippen molar-refractivity contribution in [1.29, 1.82) is 0 Å². The Kier molecular flexibility index (Phi) is 8.56. The first-order chi connectivity index (χ1) is 11.2. The summed E-state index contributed by atoms with van der Waals surface area (Å²) in [4.78, 5) is 6.91. The van der Waals surface area contributed by atoms with Crippen LogP contribution < -0.4 is 0 Å². The molecule has 0 saturated carbocycles. The smallest absolute Gasteiger partial charge is 0.257 e. The summed E-state index contributed by atoms with van der Waals surface area (Å²) >= 11 is 0. The van der Waals surface area contributed by atoms with Crippen molar-refractivity contribution in [2.45, 2.75) is 53.4 Å². The molecule has 0 spiro atoms. The molecule has 2 heterocycles. The van der Waals surface area contributed by atoms with Crippen molar-refractivity contribution in [3.63, 3.8) is 0 Å². The van der Waals surface area contributed by atoms with Crippen LogP contribution in [0.15, 0.2) is 28.8 Å². The fourth-order valence-corrected chi connectivity index (χ4v) is 2.48. The van der Waals surface area contributed by atoms with Gasteiger partial charge in [-0.1, -0.05) is 50.5 Å². The number of likely N-dealkylation sites (tertiary alicyclic amines) is 1. The van der Waals surface area contributed by atoms with Crippen LogP contribution >= 0.6 is 0 Å². The van der Waals surface area contributed by atoms with Gasteiger partial charge in [-0.2, -0.15) is 4.98 Å². The highest BCUT2D eigenvalue weighted by Crippen LogP contribution is 2.27. The van der Waals surface area contributed by atoms with Gasteiger partial charge in [-0.25, -0.2) is 0 Å². The van der Waals surface area contributed by atoms with E-state index in [9.17, 15) is 0 Å². The van der Waals surface area contributed by atoms with Crippen LogP contribution in [0.4, 0.5) is 0 Å². The van der Waals surface area contributed by atoms with Gasteiger partial charge in [-0.05, 0) is 52.0 Å². The van der Waals surface area contributed by atoms with Crippen molar-refractivity contribution >= 4 is 0 Å². The Hall–Kier alpha value is -1.68. The average molecular weight is 317 g/mol. The van der Waals surface area contributed by atoms with Gasteiger partial charge >= 0.3 is 0 Å². The molecule has 2 aromatic rings. The number of hydrogen-bond donors (Lipinski definition) is 0. The minimum atomic E-state index is 0.444. The van der Waals surface area contributed by atoms with Crippen LogP contribution in [-0.4, -0.2) is 35.2 Å². The fourth-order valence-electron chi connectivity index (χ4n) is 2.48. The molecule has 0 unspecified atom stereocenters. The Balaban J connectivity index is 0.000000615. The van der Waals surface area contributed by atoms with Gasteiger partial charge in [-0.15, -0.1) is 0 Å². The van der Waals surface area contributed by atoms with Gasteiger partial charge in [0.25, 0.3) is 5.89 Å². The first-order valence-corrected chi connectivity index (χ1v) is 8.81. The third-order valence-corrected chi connectivity index (χ3v) is 3.82. The standard InChI is InChI=1S/C15H19N3O.2C2H6/c1-11-3-5-13(6-4-11)15-16-14(17-19-15)12-7-9-18(2)10-8-12;2*1-2/h3-6,12H,7-10H2,1-2H3;2*1-2H3. The summed E-state index contributed by atoms with van der Waals surface area (Å²) in [6, 6.07) is 8.19. The van der Waals surface area contributed by atoms with Gasteiger partial charge in [-0.3, -0.25) is 0 Å². The maximum Gasteiger partial charge on any atom is 0.257 e. The first-order valence-electron chi connectivity index (χ1n) is 8.81. The molecule has 3 rings (SSSR count). The van der Waals surface area contributed by atoms with E-state index in [1.165, 1.54) is 5.56 Å². The Morgan fingerprint density at radius 1 is 1.00 bits per heavy atom. The van der Waals surface area contributed by atoms with E-state index in [0.717, 1.165) is 37.3 Å². The lowest BCUT2D eigenvalue weighted by Gasteiger charge is -2.26. The molecule has 1 aliphatic rings. The SMILES string of the molecule is CC.CC.Cc1ccc(-c2nc(C3CCN(C)CC3)no2)cc1. The van der Waals surface area contributed by atoms with E-state index in [0.29, 0.717) is 11.8 Å². The van der Waals surface area contributed by atoms with Gasteiger partial charge in [0, 0.05) is 11.5 Å². The zero-order valence-corrected chi connectivity index (χ0v) is 15.5. The number of aryl methyl sites for hydroxylation is 1. The monoisotopic (exact) mass is 317 g/mol. The number of aromatic nitrogens is 2. The van der Waals surface area contributed by atoms with Crippen molar-refractivity contribution in [3.05, 3.63) is 35.7 Å². The summed E-state index contributed by atoms with van der Waals surface area (Å²) in [5.74, 6) is 1.94. The zero-order valence-electron chi connectivity index (χ0n) is 15.5. The summed E-state index contributed by atoms with van der Waals surface area (Å²) in [6.45, 7) is 12.3. The molecule has 4 heteroatoms. The molecule has 128 valence electrons. The molecule has 0 bridgehead atoms. The van der Waals surface area contributed by atoms with Gasteiger partial charge in [0.05, 0.1) is 0 Å². The van der Waals surface area contributed by atoms with Crippen LogP contribution in [0.5, 0.6) is 0 Å². The average Bonchev–Trinajstić information content (AvgIpc) is 3.10. The Bertz CT molecular complexity index is 540. The number of benzene rings is 1. The number of rotatable bonds is 2. The van der Waals surface area contributed by atoms with Gasteiger partial charge < -0.3 is 9.42 Å². The molecule has 1 fully saturated rings. The van der Waals surface area contributed by atoms with Crippen LogP contribution in [0.25, 0.3) is 11.5 Å². The van der Waals surface area contributed by atoms with E-state index in [1.807, 2.05) is 39.8 Å². The van der Waals surface area contributed by atoms with Gasteiger partial charge in [0.1, 0.15) is 0 Å². The molecule has 1 aliphatic heterocycles. The first kappa shape index (κ1) is 19.4. The summed E-state index contributed by atoms with van der Waals surface area (Å²) in [6.07, 6.45) is 2.23. The highest BCUT2D eigenvalue weighted by Gasteiger charge is 2.23. The second-order valence-corrected chi connectivity index (χ2v) is 5.40. The maximum atomic E-state index is 5.40. The molecular formula is C19H31N3O. The number of hydrogen-bond acceptors (Lipinski definition) is 4. The van der Waals surface area contributed by atoms with Crippen molar-refractivity contribution in [2.75, 3.05) is 20.1 Å². The highest BCUT2D eigenvalue weighted by atomic mass is 16.5. The molecule has 23 heavy (non-hydrogen) atoms. The lowest BCUT2D eigenvalue weighted by Crippen LogP contribution is -2.29. The summed E-state index contributed by atoms with van der Waals surface area (Å²) in [5, 5.41) is 4.16. The van der Waals surface area contributed by atoms with Crippen molar-refractivity contribution in [3.8, 4) is 11.5 Å². The fraction of sp³-hybridized carbons (Fsp3) is 0.579.